The van der Waals surface area contributed by atoms with Gasteiger partial charge in [0, 0.05) is 24.2 Å². The van der Waals surface area contributed by atoms with E-state index in [1.165, 1.54) is 37.1 Å². The van der Waals surface area contributed by atoms with Gasteiger partial charge in [0.05, 0.1) is 6.67 Å². The SMILES string of the molecule is C=C(Br)CCSNCNC1=C(NC)CCCC1. The average Bonchev–Trinajstić information content (AvgIpc) is 2.33. The summed E-state index contributed by atoms with van der Waals surface area (Å²) in [5, 5.41) is 6.75. The van der Waals surface area contributed by atoms with Crippen molar-refractivity contribution in [1.82, 2.24) is 15.4 Å². The van der Waals surface area contributed by atoms with Gasteiger partial charge in [0.1, 0.15) is 0 Å². The van der Waals surface area contributed by atoms with Crippen LogP contribution in [0.25, 0.3) is 0 Å². The predicted molar refractivity (Wildman–Crippen MR) is 80.8 cm³/mol. The quantitative estimate of drug-likeness (QED) is 0.365. The number of rotatable bonds is 8. The number of nitrogens with one attached hydrogen (secondary N) is 3. The third-order valence-electron chi connectivity index (χ3n) is 2.72. The number of halogens is 1. The summed E-state index contributed by atoms with van der Waals surface area (Å²) in [5.74, 6) is 1.05. The third-order valence-corrected chi connectivity index (χ3v) is 3.87. The Labute approximate surface area is 117 Å². The molecule has 0 spiro atoms. The molecule has 0 aliphatic heterocycles. The molecule has 98 valence electrons. The van der Waals surface area contributed by atoms with Gasteiger partial charge in [-0.3, -0.25) is 0 Å². The van der Waals surface area contributed by atoms with Gasteiger partial charge in [-0.05, 0) is 36.6 Å². The molecule has 0 radical (unpaired) electrons. The van der Waals surface area contributed by atoms with E-state index >= 15 is 0 Å². The number of allylic oxidation sites excluding steroid dienone is 3. The summed E-state index contributed by atoms with van der Waals surface area (Å²) in [4.78, 5) is 0. The van der Waals surface area contributed by atoms with Gasteiger partial charge in [0.25, 0.3) is 0 Å². The van der Waals surface area contributed by atoms with Crippen LogP contribution in [0.4, 0.5) is 0 Å². The van der Waals surface area contributed by atoms with Crippen LogP contribution < -0.4 is 15.4 Å². The lowest BCUT2D eigenvalue weighted by molar-refractivity contribution is 0.588. The molecule has 0 saturated heterocycles. The first-order chi connectivity index (χ1) is 8.24. The van der Waals surface area contributed by atoms with Gasteiger partial charge in [0.2, 0.25) is 0 Å². The average molecular weight is 320 g/mol. The fourth-order valence-corrected chi connectivity index (χ4v) is 2.93. The Kier molecular flexibility index (Phi) is 7.81. The molecule has 1 rings (SSSR count). The van der Waals surface area contributed by atoms with E-state index in [0.29, 0.717) is 0 Å². The van der Waals surface area contributed by atoms with E-state index in [0.717, 1.165) is 23.3 Å². The maximum atomic E-state index is 3.81. The predicted octanol–water partition coefficient (Wildman–Crippen LogP) is 3.08. The van der Waals surface area contributed by atoms with Crippen molar-refractivity contribution in [2.45, 2.75) is 32.1 Å². The molecule has 0 unspecified atom stereocenters. The van der Waals surface area contributed by atoms with Crippen LogP contribution in [0.15, 0.2) is 22.5 Å². The summed E-state index contributed by atoms with van der Waals surface area (Å²) in [6.45, 7) is 4.63. The van der Waals surface area contributed by atoms with Crippen LogP contribution in [0.3, 0.4) is 0 Å². The minimum Gasteiger partial charge on any atom is -0.390 e. The first-order valence-electron chi connectivity index (χ1n) is 6.05. The highest BCUT2D eigenvalue weighted by atomic mass is 79.9. The van der Waals surface area contributed by atoms with E-state index in [1.807, 2.05) is 7.05 Å². The van der Waals surface area contributed by atoms with Crippen molar-refractivity contribution in [3.05, 3.63) is 22.5 Å². The molecule has 0 saturated carbocycles. The summed E-state index contributed by atoms with van der Waals surface area (Å²) in [7, 11) is 2.01. The van der Waals surface area contributed by atoms with Gasteiger partial charge >= 0.3 is 0 Å². The molecule has 3 N–H and O–H groups in total. The minimum absolute atomic E-state index is 0.819. The van der Waals surface area contributed by atoms with Crippen LogP contribution in [0.1, 0.15) is 32.1 Å². The summed E-state index contributed by atoms with van der Waals surface area (Å²) in [6, 6.07) is 0. The molecular weight excluding hydrogens is 298 g/mol. The van der Waals surface area contributed by atoms with Gasteiger partial charge in [-0.2, -0.15) is 0 Å². The van der Waals surface area contributed by atoms with Crippen LogP contribution in [-0.2, 0) is 0 Å². The number of hydrogen-bond acceptors (Lipinski definition) is 4. The van der Waals surface area contributed by atoms with Crippen molar-refractivity contribution in [1.29, 1.82) is 0 Å². The number of hydrogen-bond donors (Lipinski definition) is 3. The van der Waals surface area contributed by atoms with E-state index in [4.69, 9.17) is 0 Å². The van der Waals surface area contributed by atoms with E-state index in [1.54, 1.807) is 11.9 Å². The van der Waals surface area contributed by atoms with Crippen molar-refractivity contribution < 1.29 is 0 Å². The van der Waals surface area contributed by atoms with Crippen molar-refractivity contribution in [2.24, 2.45) is 0 Å². The Morgan fingerprint density at radius 2 is 2.06 bits per heavy atom. The van der Waals surface area contributed by atoms with Gasteiger partial charge in [0.15, 0.2) is 0 Å². The topological polar surface area (TPSA) is 36.1 Å². The highest BCUT2D eigenvalue weighted by Crippen LogP contribution is 2.20. The van der Waals surface area contributed by atoms with Crippen molar-refractivity contribution in [2.75, 3.05) is 19.5 Å². The van der Waals surface area contributed by atoms with Crippen molar-refractivity contribution >= 4 is 27.9 Å². The normalized spacial score (nSPS) is 15.9. The van der Waals surface area contributed by atoms with Crippen LogP contribution >= 0.6 is 27.9 Å². The zero-order valence-corrected chi connectivity index (χ0v) is 12.8. The van der Waals surface area contributed by atoms with Crippen LogP contribution in [-0.4, -0.2) is 19.5 Å². The van der Waals surface area contributed by atoms with Crippen molar-refractivity contribution in [3.8, 4) is 0 Å². The van der Waals surface area contributed by atoms with Gasteiger partial charge in [-0.25, -0.2) is 4.72 Å². The monoisotopic (exact) mass is 319 g/mol. The molecule has 0 heterocycles. The maximum absolute atomic E-state index is 3.81. The van der Waals surface area contributed by atoms with E-state index in [9.17, 15) is 0 Å². The second-order valence-corrected chi connectivity index (χ2v) is 6.13. The maximum Gasteiger partial charge on any atom is 0.0744 e. The zero-order valence-electron chi connectivity index (χ0n) is 10.4. The molecule has 1 aliphatic rings. The van der Waals surface area contributed by atoms with Crippen LogP contribution in [0, 0.1) is 0 Å². The second kappa shape index (κ2) is 8.89. The first-order valence-corrected chi connectivity index (χ1v) is 7.83. The second-order valence-electron chi connectivity index (χ2n) is 4.03. The summed E-state index contributed by atoms with van der Waals surface area (Å²) in [6.07, 6.45) is 5.94. The lowest BCUT2D eigenvalue weighted by atomic mass is 10.0. The Morgan fingerprint density at radius 3 is 2.71 bits per heavy atom. The molecule has 0 aromatic carbocycles. The standard InChI is InChI=1S/C12H22BrN3S/c1-10(13)7-8-17-16-9-15-12-6-4-3-5-11(12)14-2/h14-16H,1,3-9H2,2H3. The van der Waals surface area contributed by atoms with Gasteiger partial charge < -0.3 is 10.6 Å². The first kappa shape index (κ1) is 14.9. The van der Waals surface area contributed by atoms with E-state index < -0.39 is 0 Å². The largest absolute Gasteiger partial charge is 0.390 e. The zero-order chi connectivity index (χ0) is 12.5. The van der Waals surface area contributed by atoms with E-state index in [2.05, 4.69) is 37.9 Å². The lowest BCUT2D eigenvalue weighted by Gasteiger charge is -2.21. The lowest BCUT2D eigenvalue weighted by Crippen LogP contribution is -2.28. The summed E-state index contributed by atoms with van der Waals surface area (Å²) in [5.41, 5.74) is 2.74. The molecule has 0 aromatic heterocycles. The third kappa shape index (κ3) is 6.38. The Balaban J connectivity index is 2.12. The summed E-state index contributed by atoms with van der Waals surface area (Å²) >= 11 is 5.09. The fraction of sp³-hybridized carbons (Fsp3) is 0.667. The highest BCUT2D eigenvalue weighted by molar-refractivity contribution is 9.11. The molecule has 0 aromatic rings. The van der Waals surface area contributed by atoms with E-state index in [-0.39, 0.29) is 0 Å². The van der Waals surface area contributed by atoms with Crippen molar-refractivity contribution in [3.63, 3.8) is 0 Å². The molecule has 0 amide bonds. The molecule has 0 atom stereocenters. The van der Waals surface area contributed by atoms with Crippen LogP contribution in [0.2, 0.25) is 0 Å². The molecule has 1 aliphatic carbocycles. The Morgan fingerprint density at radius 1 is 1.35 bits per heavy atom. The fourth-order valence-electron chi connectivity index (χ4n) is 1.80. The molecule has 0 bridgehead atoms. The van der Waals surface area contributed by atoms with Gasteiger partial charge in [-0.15, -0.1) is 0 Å². The molecule has 5 heteroatoms. The smallest absolute Gasteiger partial charge is 0.0744 e. The summed E-state index contributed by atoms with van der Waals surface area (Å²) < 4.78 is 4.38. The highest BCUT2D eigenvalue weighted by Gasteiger charge is 2.10. The molecule has 17 heavy (non-hydrogen) atoms. The molecule has 3 nitrogen and oxygen atoms in total. The molecular formula is C12H22BrN3S. The van der Waals surface area contributed by atoms with Crippen LogP contribution in [0.5, 0.6) is 0 Å². The molecule has 0 fully saturated rings. The minimum atomic E-state index is 0.819. The van der Waals surface area contributed by atoms with Gasteiger partial charge in [-0.1, -0.05) is 34.5 Å². The Bertz CT molecular complexity index is 279. The Hall–Kier alpha value is -0.130.